The lowest BCUT2D eigenvalue weighted by molar-refractivity contribution is 0.240. The van der Waals surface area contributed by atoms with E-state index in [2.05, 4.69) is 29.4 Å². The standard InChI is InChI=1S/C16H22N2S/c1-2-11-3-5-12(6-4-11)16(17)13-9-15-14(18-10-13)7-8-19-15/h7-12,16H,2-6,17H2,1H3. The molecule has 1 atom stereocenters. The van der Waals surface area contributed by atoms with Gasteiger partial charge in [-0.3, -0.25) is 4.98 Å². The summed E-state index contributed by atoms with van der Waals surface area (Å²) in [5.41, 5.74) is 8.79. The van der Waals surface area contributed by atoms with E-state index in [1.165, 1.54) is 42.4 Å². The van der Waals surface area contributed by atoms with Crippen LogP contribution in [-0.4, -0.2) is 4.98 Å². The predicted molar refractivity (Wildman–Crippen MR) is 82.3 cm³/mol. The molecule has 2 nitrogen and oxygen atoms in total. The Morgan fingerprint density at radius 3 is 2.89 bits per heavy atom. The van der Waals surface area contributed by atoms with Crippen molar-refractivity contribution in [2.24, 2.45) is 17.6 Å². The highest BCUT2D eigenvalue weighted by molar-refractivity contribution is 7.17. The summed E-state index contributed by atoms with van der Waals surface area (Å²) in [4.78, 5) is 4.52. The Morgan fingerprint density at radius 2 is 2.16 bits per heavy atom. The second-order valence-corrected chi connectivity index (χ2v) is 6.74. The van der Waals surface area contributed by atoms with Crippen molar-refractivity contribution < 1.29 is 0 Å². The van der Waals surface area contributed by atoms with Crippen LogP contribution < -0.4 is 5.73 Å². The third kappa shape index (κ3) is 2.67. The molecule has 2 N–H and O–H groups in total. The van der Waals surface area contributed by atoms with Gasteiger partial charge in [-0.15, -0.1) is 11.3 Å². The summed E-state index contributed by atoms with van der Waals surface area (Å²) < 4.78 is 1.26. The highest BCUT2D eigenvalue weighted by atomic mass is 32.1. The van der Waals surface area contributed by atoms with Crippen molar-refractivity contribution in [2.75, 3.05) is 0 Å². The molecule has 19 heavy (non-hydrogen) atoms. The van der Waals surface area contributed by atoms with Crippen molar-refractivity contribution in [2.45, 2.75) is 45.1 Å². The third-order valence-corrected chi connectivity index (χ3v) is 5.54. The number of pyridine rings is 1. The Balaban J connectivity index is 1.74. The molecule has 2 heterocycles. The smallest absolute Gasteiger partial charge is 0.0809 e. The molecule has 0 saturated heterocycles. The Hall–Kier alpha value is -0.930. The minimum Gasteiger partial charge on any atom is -0.324 e. The van der Waals surface area contributed by atoms with Crippen LogP contribution in [0.4, 0.5) is 0 Å². The fourth-order valence-electron chi connectivity index (χ4n) is 3.27. The van der Waals surface area contributed by atoms with Gasteiger partial charge in [0.15, 0.2) is 0 Å². The van der Waals surface area contributed by atoms with Crippen LogP contribution in [0.2, 0.25) is 0 Å². The van der Waals surface area contributed by atoms with Gasteiger partial charge in [0.2, 0.25) is 0 Å². The summed E-state index contributed by atoms with van der Waals surface area (Å²) in [5, 5.41) is 2.10. The average Bonchev–Trinajstić information content (AvgIpc) is 2.94. The Morgan fingerprint density at radius 1 is 1.37 bits per heavy atom. The molecule has 2 aromatic rings. The summed E-state index contributed by atoms with van der Waals surface area (Å²) in [6.45, 7) is 2.31. The molecule has 1 aliphatic rings. The molecule has 102 valence electrons. The Bertz CT molecular complexity index is 540. The van der Waals surface area contributed by atoms with Crippen molar-refractivity contribution in [1.29, 1.82) is 0 Å². The van der Waals surface area contributed by atoms with Gasteiger partial charge in [0.1, 0.15) is 0 Å². The summed E-state index contributed by atoms with van der Waals surface area (Å²) in [6.07, 6.45) is 8.56. The van der Waals surface area contributed by atoms with Crippen LogP contribution in [0.5, 0.6) is 0 Å². The van der Waals surface area contributed by atoms with Crippen molar-refractivity contribution in [3.05, 3.63) is 29.3 Å². The minimum absolute atomic E-state index is 0.164. The lowest BCUT2D eigenvalue weighted by Crippen LogP contribution is -2.26. The molecule has 1 aliphatic carbocycles. The van der Waals surface area contributed by atoms with Crippen molar-refractivity contribution >= 4 is 21.6 Å². The minimum atomic E-state index is 0.164. The molecule has 0 spiro atoms. The first-order valence-electron chi connectivity index (χ1n) is 7.36. The molecule has 1 saturated carbocycles. The molecule has 0 aromatic carbocycles. The summed E-state index contributed by atoms with van der Waals surface area (Å²) in [6, 6.07) is 4.47. The van der Waals surface area contributed by atoms with Gasteiger partial charge in [-0.1, -0.05) is 26.2 Å². The predicted octanol–water partition coefficient (Wildman–Crippen LogP) is 4.51. The van der Waals surface area contributed by atoms with E-state index in [0.29, 0.717) is 5.92 Å². The van der Waals surface area contributed by atoms with Gasteiger partial charge < -0.3 is 5.73 Å². The first-order chi connectivity index (χ1) is 9.28. The first kappa shape index (κ1) is 13.1. The van der Waals surface area contributed by atoms with Crippen molar-refractivity contribution in [1.82, 2.24) is 4.98 Å². The van der Waals surface area contributed by atoms with E-state index >= 15 is 0 Å². The average molecular weight is 274 g/mol. The molecular formula is C16H22N2S. The van der Waals surface area contributed by atoms with Gasteiger partial charge in [-0.05, 0) is 47.8 Å². The van der Waals surface area contributed by atoms with E-state index < -0.39 is 0 Å². The number of hydrogen-bond acceptors (Lipinski definition) is 3. The zero-order chi connectivity index (χ0) is 13.2. The Labute approximate surface area is 119 Å². The number of nitrogens with two attached hydrogens (primary N) is 1. The summed E-state index contributed by atoms with van der Waals surface area (Å²) in [5.74, 6) is 1.57. The van der Waals surface area contributed by atoms with Crippen molar-refractivity contribution in [3.63, 3.8) is 0 Å². The number of aromatic nitrogens is 1. The molecule has 1 unspecified atom stereocenters. The molecule has 3 heteroatoms. The van der Waals surface area contributed by atoms with E-state index in [4.69, 9.17) is 5.73 Å². The fraction of sp³-hybridized carbons (Fsp3) is 0.562. The topological polar surface area (TPSA) is 38.9 Å². The fourth-order valence-corrected chi connectivity index (χ4v) is 4.06. The summed E-state index contributed by atoms with van der Waals surface area (Å²) >= 11 is 1.75. The van der Waals surface area contributed by atoms with Crippen LogP contribution in [0.3, 0.4) is 0 Å². The number of rotatable bonds is 3. The monoisotopic (exact) mass is 274 g/mol. The molecule has 3 rings (SSSR count). The van der Waals surface area contributed by atoms with E-state index in [-0.39, 0.29) is 6.04 Å². The maximum atomic E-state index is 6.48. The van der Waals surface area contributed by atoms with Crippen LogP contribution in [0.15, 0.2) is 23.7 Å². The third-order valence-electron chi connectivity index (χ3n) is 4.69. The van der Waals surface area contributed by atoms with Crippen LogP contribution in [0.25, 0.3) is 10.2 Å². The van der Waals surface area contributed by atoms with Crippen LogP contribution in [0, 0.1) is 11.8 Å². The second kappa shape index (κ2) is 5.59. The van der Waals surface area contributed by atoms with Gasteiger partial charge in [-0.2, -0.15) is 0 Å². The second-order valence-electron chi connectivity index (χ2n) is 5.79. The molecule has 1 fully saturated rings. The van der Waals surface area contributed by atoms with E-state index in [1.807, 2.05) is 6.20 Å². The lowest BCUT2D eigenvalue weighted by Gasteiger charge is -2.31. The van der Waals surface area contributed by atoms with Crippen LogP contribution in [0.1, 0.15) is 50.6 Å². The lowest BCUT2D eigenvalue weighted by atomic mass is 9.76. The maximum Gasteiger partial charge on any atom is 0.0809 e. The number of thiophene rings is 1. The quantitative estimate of drug-likeness (QED) is 0.894. The molecule has 0 radical (unpaired) electrons. The summed E-state index contributed by atoms with van der Waals surface area (Å²) in [7, 11) is 0. The van der Waals surface area contributed by atoms with Gasteiger partial charge in [0.05, 0.1) is 10.2 Å². The van der Waals surface area contributed by atoms with E-state index in [9.17, 15) is 0 Å². The molecule has 0 bridgehead atoms. The SMILES string of the molecule is CCC1CCC(C(N)c2cnc3ccsc3c2)CC1. The van der Waals surface area contributed by atoms with E-state index in [0.717, 1.165) is 11.4 Å². The highest BCUT2D eigenvalue weighted by Crippen LogP contribution is 2.37. The van der Waals surface area contributed by atoms with Crippen molar-refractivity contribution in [3.8, 4) is 0 Å². The van der Waals surface area contributed by atoms with Gasteiger partial charge in [-0.25, -0.2) is 0 Å². The Kier molecular flexibility index (Phi) is 3.85. The molecule has 0 aliphatic heterocycles. The van der Waals surface area contributed by atoms with Gasteiger partial charge in [0.25, 0.3) is 0 Å². The normalized spacial score (nSPS) is 25.6. The molecular weight excluding hydrogens is 252 g/mol. The largest absolute Gasteiger partial charge is 0.324 e. The van der Waals surface area contributed by atoms with Gasteiger partial charge >= 0.3 is 0 Å². The van der Waals surface area contributed by atoms with Gasteiger partial charge in [0, 0.05) is 12.2 Å². The number of hydrogen-bond donors (Lipinski definition) is 1. The van der Waals surface area contributed by atoms with E-state index in [1.54, 1.807) is 11.3 Å². The molecule has 2 aromatic heterocycles. The van der Waals surface area contributed by atoms with Crippen LogP contribution >= 0.6 is 11.3 Å². The highest BCUT2D eigenvalue weighted by Gasteiger charge is 2.26. The zero-order valence-corrected chi connectivity index (χ0v) is 12.3. The maximum absolute atomic E-state index is 6.48. The number of nitrogens with zero attached hydrogens (tertiary/aromatic N) is 1. The molecule has 0 amide bonds. The number of fused-ring (bicyclic) bond motifs is 1. The van der Waals surface area contributed by atoms with Crippen LogP contribution in [-0.2, 0) is 0 Å². The zero-order valence-electron chi connectivity index (χ0n) is 11.5. The first-order valence-corrected chi connectivity index (χ1v) is 8.24.